The summed E-state index contributed by atoms with van der Waals surface area (Å²) in [5, 5.41) is 10.2. The van der Waals surface area contributed by atoms with Crippen LogP contribution in [0.1, 0.15) is 16.7 Å². The number of nitrogen functional groups attached to an aromatic ring is 1. The van der Waals surface area contributed by atoms with Crippen molar-refractivity contribution in [2.45, 2.75) is 6.18 Å². The molecule has 0 aliphatic heterocycles. The maximum atomic E-state index is 12.7. The standard InChI is InChI=1S/C17H13F3N4/c18-17(19,20)14-3-1-2-11(8-14)4-5-12-9-13(6-7-15(12)21)16-10-22-24-23-16/h1-10H,21H2,(H,22,23,24)/b5-4+. The van der Waals surface area contributed by atoms with Gasteiger partial charge in [0.05, 0.1) is 5.56 Å². The van der Waals surface area contributed by atoms with Crippen LogP contribution in [0.25, 0.3) is 23.4 Å². The van der Waals surface area contributed by atoms with Crippen molar-refractivity contribution in [2.24, 2.45) is 0 Å². The van der Waals surface area contributed by atoms with Gasteiger partial charge in [-0.3, -0.25) is 5.10 Å². The molecule has 0 saturated carbocycles. The fourth-order valence-corrected chi connectivity index (χ4v) is 2.23. The van der Waals surface area contributed by atoms with E-state index in [-0.39, 0.29) is 0 Å². The summed E-state index contributed by atoms with van der Waals surface area (Å²) >= 11 is 0. The summed E-state index contributed by atoms with van der Waals surface area (Å²) in [6.07, 6.45) is 0.545. The Bertz CT molecular complexity index is 868. The molecule has 1 heterocycles. The fourth-order valence-electron chi connectivity index (χ4n) is 2.23. The van der Waals surface area contributed by atoms with E-state index in [2.05, 4.69) is 15.4 Å². The third-order valence-corrected chi connectivity index (χ3v) is 3.47. The highest BCUT2D eigenvalue weighted by Gasteiger charge is 2.30. The Morgan fingerprint density at radius 1 is 1.04 bits per heavy atom. The lowest BCUT2D eigenvalue weighted by atomic mass is 10.0. The van der Waals surface area contributed by atoms with E-state index in [4.69, 9.17) is 5.73 Å². The van der Waals surface area contributed by atoms with Crippen LogP contribution in [0.5, 0.6) is 0 Å². The molecule has 3 rings (SSSR count). The summed E-state index contributed by atoms with van der Waals surface area (Å²) in [5.41, 5.74) is 8.36. The molecule has 4 nitrogen and oxygen atoms in total. The Morgan fingerprint density at radius 3 is 2.58 bits per heavy atom. The SMILES string of the molecule is Nc1ccc(-c2c[nH]nn2)cc1/C=C/c1cccc(C(F)(F)F)c1. The summed E-state index contributed by atoms with van der Waals surface area (Å²) in [5.74, 6) is 0. The van der Waals surface area contributed by atoms with Crippen molar-refractivity contribution >= 4 is 17.8 Å². The van der Waals surface area contributed by atoms with Crippen molar-refractivity contribution < 1.29 is 13.2 Å². The third kappa shape index (κ3) is 3.45. The molecule has 0 aliphatic carbocycles. The number of aromatic nitrogens is 3. The first kappa shape index (κ1) is 15.8. The molecule has 0 spiro atoms. The largest absolute Gasteiger partial charge is 0.416 e. The van der Waals surface area contributed by atoms with E-state index in [0.29, 0.717) is 22.5 Å². The van der Waals surface area contributed by atoms with Gasteiger partial charge >= 0.3 is 6.18 Å². The molecule has 0 fully saturated rings. The van der Waals surface area contributed by atoms with Crippen LogP contribution in [0, 0.1) is 0 Å². The molecule has 2 aromatic carbocycles. The van der Waals surface area contributed by atoms with Crippen LogP contribution in [0.4, 0.5) is 18.9 Å². The summed E-state index contributed by atoms with van der Waals surface area (Å²) in [6.45, 7) is 0. The second-order valence-corrected chi connectivity index (χ2v) is 5.16. The van der Waals surface area contributed by atoms with Crippen molar-refractivity contribution in [1.29, 1.82) is 0 Å². The van der Waals surface area contributed by atoms with Gasteiger partial charge in [-0.25, -0.2) is 0 Å². The number of H-pyrrole nitrogens is 1. The van der Waals surface area contributed by atoms with Crippen LogP contribution in [0.15, 0.2) is 48.7 Å². The fraction of sp³-hybridized carbons (Fsp3) is 0.0588. The van der Waals surface area contributed by atoms with Crippen molar-refractivity contribution in [2.75, 3.05) is 5.73 Å². The Morgan fingerprint density at radius 2 is 1.88 bits per heavy atom. The lowest BCUT2D eigenvalue weighted by molar-refractivity contribution is -0.137. The first-order valence-electron chi connectivity index (χ1n) is 7.05. The zero-order valence-electron chi connectivity index (χ0n) is 12.4. The average molecular weight is 330 g/mol. The van der Waals surface area contributed by atoms with Crippen molar-refractivity contribution in [3.8, 4) is 11.3 Å². The van der Waals surface area contributed by atoms with Gasteiger partial charge in [-0.1, -0.05) is 35.6 Å². The Balaban J connectivity index is 1.91. The van der Waals surface area contributed by atoms with Crippen LogP contribution in [0.2, 0.25) is 0 Å². The number of anilines is 1. The number of nitrogens with two attached hydrogens (primary N) is 1. The van der Waals surface area contributed by atoms with E-state index in [9.17, 15) is 13.2 Å². The van der Waals surface area contributed by atoms with E-state index in [1.807, 2.05) is 0 Å². The van der Waals surface area contributed by atoms with Gasteiger partial charge in [0.1, 0.15) is 5.69 Å². The molecular formula is C17H13F3N4. The monoisotopic (exact) mass is 330 g/mol. The predicted molar refractivity (Wildman–Crippen MR) is 86.6 cm³/mol. The molecule has 0 atom stereocenters. The molecule has 122 valence electrons. The smallest absolute Gasteiger partial charge is 0.398 e. The van der Waals surface area contributed by atoms with Gasteiger partial charge in [-0.2, -0.15) is 13.2 Å². The Labute approximate surface area is 135 Å². The lowest BCUT2D eigenvalue weighted by Crippen LogP contribution is -2.04. The van der Waals surface area contributed by atoms with Crippen molar-refractivity contribution in [1.82, 2.24) is 15.4 Å². The predicted octanol–water partition coefficient (Wildman–Crippen LogP) is 4.24. The van der Waals surface area contributed by atoms with Gasteiger partial charge < -0.3 is 5.73 Å². The highest BCUT2D eigenvalue weighted by Crippen LogP contribution is 2.30. The topological polar surface area (TPSA) is 67.6 Å². The maximum Gasteiger partial charge on any atom is 0.416 e. The molecule has 24 heavy (non-hydrogen) atoms. The van der Waals surface area contributed by atoms with Crippen LogP contribution < -0.4 is 5.73 Å². The zero-order chi connectivity index (χ0) is 17.2. The third-order valence-electron chi connectivity index (χ3n) is 3.47. The summed E-state index contributed by atoms with van der Waals surface area (Å²) < 4.78 is 38.2. The number of hydrogen-bond acceptors (Lipinski definition) is 3. The highest BCUT2D eigenvalue weighted by atomic mass is 19.4. The van der Waals surface area contributed by atoms with E-state index in [0.717, 1.165) is 17.7 Å². The highest BCUT2D eigenvalue weighted by molar-refractivity contribution is 5.79. The normalized spacial score (nSPS) is 12.0. The number of nitrogens with one attached hydrogen (secondary N) is 1. The first-order valence-corrected chi connectivity index (χ1v) is 7.05. The average Bonchev–Trinajstić information content (AvgIpc) is 3.08. The zero-order valence-corrected chi connectivity index (χ0v) is 12.4. The van der Waals surface area contributed by atoms with E-state index in [1.165, 1.54) is 6.07 Å². The number of alkyl halides is 3. The minimum atomic E-state index is -4.37. The van der Waals surface area contributed by atoms with E-state index >= 15 is 0 Å². The first-order chi connectivity index (χ1) is 11.4. The van der Waals surface area contributed by atoms with Gasteiger partial charge in [0.25, 0.3) is 0 Å². The molecule has 0 saturated heterocycles. The second-order valence-electron chi connectivity index (χ2n) is 5.16. The summed E-state index contributed by atoms with van der Waals surface area (Å²) in [7, 11) is 0. The van der Waals surface area contributed by atoms with Gasteiger partial charge in [-0.15, -0.1) is 5.10 Å². The van der Waals surface area contributed by atoms with Gasteiger partial charge in [0.15, 0.2) is 0 Å². The van der Waals surface area contributed by atoms with Crippen LogP contribution in [-0.4, -0.2) is 15.4 Å². The molecule has 0 radical (unpaired) electrons. The van der Waals surface area contributed by atoms with Gasteiger partial charge in [-0.05, 0) is 35.4 Å². The van der Waals surface area contributed by atoms with Crippen LogP contribution in [-0.2, 0) is 6.18 Å². The number of benzene rings is 2. The molecule has 0 aliphatic rings. The number of hydrogen-bond donors (Lipinski definition) is 2. The summed E-state index contributed by atoms with van der Waals surface area (Å²) in [4.78, 5) is 0. The maximum absolute atomic E-state index is 12.7. The molecule has 7 heteroatoms. The molecule has 3 aromatic rings. The van der Waals surface area contributed by atoms with Crippen molar-refractivity contribution in [3.63, 3.8) is 0 Å². The molecule has 3 N–H and O–H groups in total. The second kappa shape index (κ2) is 6.19. The minimum absolute atomic E-state index is 0.441. The Kier molecular flexibility index (Phi) is 4.07. The molecule has 0 bridgehead atoms. The number of rotatable bonds is 3. The van der Waals surface area contributed by atoms with Gasteiger partial charge in [0, 0.05) is 17.4 Å². The van der Waals surface area contributed by atoms with Crippen LogP contribution >= 0.6 is 0 Å². The quantitative estimate of drug-likeness (QED) is 0.557. The molecule has 1 aromatic heterocycles. The number of aromatic amines is 1. The Hall–Kier alpha value is -3.09. The number of nitrogens with zero attached hydrogens (tertiary/aromatic N) is 2. The number of halogens is 3. The van der Waals surface area contributed by atoms with E-state index < -0.39 is 11.7 Å². The molecule has 0 amide bonds. The molecule has 0 unspecified atom stereocenters. The van der Waals surface area contributed by atoms with Gasteiger partial charge in [0.2, 0.25) is 0 Å². The van der Waals surface area contributed by atoms with E-state index in [1.54, 1.807) is 42.6 Å². The molecular weight excluding hydrogens is 317 g/mol. The summed E-state index contributed by atoms with van der Waals surface area (Å²) in [6, 6.07) is 10.4. The van der Waals surface area contributed by atoms with Crippen molar-refractivity contribution in [3.05, 3.63) is 65.4 Å². The van der Waals surface area contributed by atoms with Crippen LogP contribution in [0.3, 0.4) is 0 Å². The minimum Gasteiger partial charge on any atom is -0.398 e. The lowest BCUT2D eigenvalue weighted by Gasteiger charge is -2.07.